The summed E-state index contributed by atoms with van der Waals surface area (Å²) in [6, 6.07) is 0. The second kappa shape index (κ2) is 7.19. The summed E-state index contributed by atoms with van der Waals surface area (Å²) >= 11 is 0. The van der Waals surface area contributed by atoms with Gasteiger partial charge < -0.3 is 10.2 Å². The zero-order chi connectivity index (χ0) is 13.5. The van der Waals surface area contributed by atoms with Gasteiger partial charge in [-0.25, -0.2) is 9.97 Å². The molecular formula is C14H26N4. The largest absolute Gasteiger partial charge is 0.370 e. The molecule has 1 N–H and O–H groups in total. The van der Waals surface area contributed by atoms with Crippen LogP contribution in [0.4, 0.5) is 11.6 Å². The fourth-order valence-electron chi connectivity index (χ4n) is 2.04. The van der Waals surface area contributed by atoms with E-state index in [1.165, 1.54) is 0 Å². The Labute approximate surface area is 111 Å². The van der Waals surface area contributed by atoms with Crippen LogP contribution in [0.5, 0.6) is 0 Å². The summed E-state index contributed by atoms with van der Waals surface area (Å²) in [6.45, 7) is 13.6. The van der Waals surface area contributed by atoms with Crippen molar-refractivity contribution < 1.29 is 0 Å². The van der Waals surface area contributed by atoms with Crippen molar-refractivity contribution in [1.29, 1.82) is 0 Å². The Hall–Kier alpha value is -1.32. The molecule has 0 fully saturated rings. The van der Waals surface area contributed by atoms with Crippen molar-refractivity contribution in [3.05, 3.63) is 11.4 Å². The summed E-state index contributed by atoms with van der Waals surface area (Å²) in [7, 11) is 0. The predicted octanol–water partition coefficient (Wildman–Crippen LogP) is 3.02. The first-order chi connectivity index (χ1) is 8.67. The molecule has 1 heterocycles. The predicted molar refractivity (Wildman–Crippen MR) is 78.5 cm³/mol. The molecule has 0 aliphatic rings. The maximum Gasteiger partial charge on any atom is 0.137 e. The fraction of sp³-hybridized carbons (Fsp3) is 0.714. The van der Waals surface area contributed by atoms with Gasteiger partial charge in [0.05, 0.1) is 0 Å². The molecule has 0 spiro atoms. The average molecular weight is 250 g/mol. The molecule has 1 aromatic rings. The Bertz CT molecular complexity index is 376. The normalized spacial score (nSPS) is 10.5. The summed E-state index contributed by atoms with van der Waals surface area (Å²) in [5, 5.41) is 3.33. The average Bonchev–Trinajstić information content (AvgIpc) is 2.39. The van der Waals surface area contributed by atoms with E-state index in [1.54, 1.807) is 0 Å². The van der Waals surface area contributed by atoms with Crippen LogP contribution in [0.2, 0.25) is 0 Å². The first kappa shape index (κ1) is 14.7. The molecule has 0 aliphatic carbocycles. The van der Waals surface area contributed by atoms with Crippen LogP contribution < -0.4 is 10.2 Å². The molecular weight excluding hydrogens is 224 g/mol. The lowest BCUT2D eigenvalue weighted by Crippen LogP contribution is -2.26. The number of aryl methyl sites for hydroxylation is 1. The molecule has 0 atom stereocenters. The maximum atomic E-state index is 4.70. The standard InChI is InChI=1S/C14H26N4/c1-6-10-18(9-4)14-11(5)13(15-8-3)16-12(7-2)17-14/h6-10H2,1-5H3,(H,15,16,17). The van der Waals surface area contributed by atoms with Crippen LogP contribution in [0.3, 0.4) is 0 Å². The Morgan fingerprint density at radius 2 is 1.83 bits per heavy atom. The van der Waals surface area contributed by atoms with Gasteiger partial charge in [-0.2, -0.15) is 0 Å². The van der Waals surface area contributed by atoms with Gasteiger partial charge in [-0.1, -0.05) is 13.8 Å². The summed E-state index contributed by atoms with van der Waals surface area (Å²) in [6.07, 6.45) is 2.00. The van der Waals surface area contributed by atoms with Crippen molar-refractivity contribution in [3.63, 3.8) is 0 Å². The third kappa shape index (κ3) is 3.34. The van der Waals surface area contributed by atoms with Crippen molar-refractivity contribution in [2.24, 2.45) is 0 Å². The molecule has 0 unspecified atom stereocenters. The van der Waals surface area contributed by atoms with Crippen molar-refractivity contribution in [2.75, 3.05) is 29.9 Å². The van der Waals surface area contributed by atoms with Gasteiger partial charge in [-0.15, -0.1) is 0 Å². The number of hydrogen-bond acceptors (Lipinski definition) is 4. The Morgan fingerprint density at radius 3 is 2.33 bits per heavy atom. The van der Waals surface area contributed by atoms with Crippen molar-refractivity contribution in [3.8, 4) is 0 Å². The second-order valence-electron chi connectivity index (χ2n) is 4.40. The van der Waals surface area contributed by atoms with E-state index in [4.69, 9.17) is 4.98 Å². The number of rotatable bonds is 7. The van der Waals surface area contributed by atoms with Crippen LogP contribution in [0.25, 0.3) is 0 Å². The minimum absolute atomic E-state index is 0.870. The fourth-order valence-corrected chi connectivity index (χ4v) is 2.04. The number of aromatic nitrogens is 2. The third-order valence-electron chi connectivity index (χ3n) is 3.00. The molecule has 1 rings (SSSR count). The highest BCUT2D eigenvalue weighted by Gasteiger charge is 2.14. The van der Waals surface area contributed by atoms with E-state index in [0.717, 1.165) is 55.5 Å². The van der Waals surface area contributed by atoms with Gasteiger partial charge in [-0.05, 0) is 27.2 Å². The molecule has 18 heavy (non-hydrogen) atoms. The maximum absolute atomic E-state index is 4.70. The summed E-state index contributed by atoms with van der Waals surface area (Å²) < 4.78 is 0. The lowest BCUT2D eigenvalue weighted by molar-refractivity contribution is 0.763. The van der Waals surface area contributed by atoms with E-state index in [-0.39, 0.29) is 0 Å². The quantitative estimate of drug-likeness (QED) is 0.807. The minimum Gasteiger partial charge on any atom is -0.370 e. The molecule has 0 radical (unpaired) electrons. The first-order valence-corrected chi connectivity index (χ1v) is 7.04. The highest BCUT2D eigenvalue weighted by molar-refractivity contribution is 5.58. The van der Waals surface area contributed by atoms with Crippen LogP contribution in [0.15, 0.2) is 0 Å². The van der Waals surface area contributed by atoms with Crippen LogP contribution in [0.1, 0.15) is 45.5 Å². The van der Waals surface area contributed by atoms with Gasteiger partial charge in [0.15, 0.2) is 0 Å². The topological polar surface area (TPSA) is 41.1 Å². The molecule has 0 saturated heterocycles. The van der Waals surface area contributed by atoms with Crippen molar-refractivity contribution >= 4 is 11.6 Å². The van der Waals surface area contributed by atoms with Crippen LogP contribution >= 0.6 is 0 Å². The molecule has 0 bridgehead atoms. The summed E-state index contributed by atoms with van der Waals surface area (Å²) in [5.41, 5.74) is 1.16. The highest BCUT2D eigenvalue weighted by Crippen LogP contribution is 2.23. The van der Waals surface area contributed by atoms with Gasteiger partial charge in [0, 0.05) is 31.6 Å². The Kier molecular flexibility index (Phi) is 5.89. The van der Waals surface area contributed by atoms with Crippen molar-refractivity contribution in [1.82, 2.24) is 9.97 Å². The zero-order valence-electron chi connectivity index (χ0n) is 12.4. The van der Waals surface area contributed by atoms with E-state index in [0.29, 0.717) is 0 Å². The number of nitrogens with zero attached hydrogens (tertiary/aromatic N) is 3. The molecule has 4 nitrogen and oxygen atoms in total. The third-order valence-corrected chi connectivity index (χ3v) is 3.00. The number of anilines is 2. The van der Waals surface area contributed by atoms with E-state index < -0.39 is 0 Å². The van der Waals surface area contributed by atoms with Crippen LogP contribution in [-0.2, 0) is 6.42 Å². The zero-order valence-corrected chi connectivity index (χ0v) is 12.4. The van der Waals surface area contributed by atoms with Crippen LogP contribution in [-0.4, -0.2) is 29.6 Å². The Balaban J connectivity index is 3.18. The van der Waals surface area contributed by atoms with E-state index >= 15 is 0 Å². The molecule has 0 aromatic carbocycles. The molecule has 0 aliphatic heterocycles. The molecule has 102 valence electrons. The molecule has 1 aromatic heterocycles. The molecule has 0 saturated carbocycles. The molecule has 0 amide bonds. The van der Waals surface area contributed by atoms with Gasteiger partial charge in [0.2, 0.25) is 0 Å². The van der Waals surface area contributed by atoms with Gasteiger partial charge in [0.1, 0.15) is 17.5 Å². The monoisotopic (exact) mass is 250 g/mol. The summed E-state index contributed by atoms with van der Waals surface area (Å²) in [5.74, 6) is 2.98. The van der Waals surface area contributed by atoms with Gasteiger partial charge >= 0.3 is 0 Å². The number of hydrogen-bond donors (Lipinski definition) is 1. The second-order valence-corrected chi connectivity index (χ2v) is 4.40. The lowest BCUT2D eigenvalue weighted by atomic mass is 10.2. The van der Waals surface area contributed by atoms with E-state index in [1.807, 2.05) is 0 Å². The molecule has 4 heteroatoms. The van der Waals surface area contributed by atoms with E-state index in [9.17, 15) is 0 Å². The Morgan fingerprint density at radius 1 is 1.11 bits per heavy atom. The van der Waals surface area contributed by atoms with Gasteiger partial charge in [-0.3, -0.25) is 0 Å². The smallest absolute Gasteiger partial charge is 0.137 e. The minimum atomic E-state index is 0.870. The van der Waals surface area contributed by atoms with Crippen LogP contribution in [0, 0.1) is 6.92 Å². The SMILES string of the molecule is CCCN(CC)c1nc(CC)nc(NCC)c1C. The van der Waals surface area contributed by atoms with E-state index in [2.05, 4.69) is 49.8 Å². The highest BCUT2D eigenvalue weighted by atomic mass is 15.2. The first-order valence-electron chi connectivity index (χ1n) is 7.04. The lowest BCUT2D eigenvalue weighted by Gasteiger charge is -2.24. The summed E-state index contributed by atoms with van der Waals surface area (Å²) in [4.78, 5) is 11.6. The van der Waals surface area contributed by atoms with Gasteiger partial charge in [0.25, 0.3) is 0 Å². The number of nitrogens with one attached hydrogen (secondary N) is 1. The van der Waals surface area contributed by atoms with Crippen molar-refractivity contribution in [2.45, 2.75) is 47.5 Å².